The lowest BCUT2D eigenvalue weighted by Gasteiger charge is -2.14. The third-order valence-electron chi connectivity index (χ3n) is 2.09. The lowest BCUT2D eigenvalue weighted by molar-refractivity contribution is -0.387. The van der Waals surface area contributed by atoms with Gasteiger partial charge in [0.05, 0.1) is 4.92 Å². The molecule has 1 rings (SSSR count). The number of carbonyl (C=O) groups is 1. The van der Waals surface area contributed by atoms with Gasteiger partial charge in [0.15, 0.2) is 0 Å². The molecule has 0 bridgehead atoms. The van der Waals surface area contributed by atoms with E-state index in [1.807, 2.05) is 0 Å². The van der Waals surface area contributed by atoms with Gasteiger partial charge in [-0.05, 0) is 6.07 Å². The molecule has 0 radical (unpaired) electrons. The Kier molecular flexibility index (Phi) is 3.17. The molecule has 0 aliphatic rings. The van der Waals surface area contributed by atoms with Crippen LogP contribution in [0.15, 0.2) is 12.1 Å². The van der Waals surface area contributed by atoms with Crippen LogP contribution in [0.1, 0.15) is 18.4 Å². The van der Waals surface area contributed by atoms with Crippen LogP contribution in [0.25, 0.3) is 0 Å². The molecular formula is C9H6F2NO4-. The number of carboxylic acids is 1. The predicted molar refractivity (Wildman–Crippen MR) is 46.4 cm³/mol. The SMILES string of the molecule is CC(C(=O)[O-])c1c(F)ccc([N+](=O)[O-])c1F. The first-order valence-corrected chi connectivity index (χ1v) is 4.19. The minimum absolute atomic E-state index is 0.635. The summed E-state index contributed by atoms with van der Waals surface area (Å²) in [5.41, 5.74) is -1.83. The van der Waals surface area contributed by atoms with E-state index >= 15 is 0 Å². The number of hydrogen-bond donors (Lipinski definition) is 0. The number of carboxylic acid groups (broad SMARTS) is 1. The van der Waals surface area contributed by atoms with Crippen molar-refractivity contribution in [3.63, 3.8) is 0 Å². The lowest BCUT2D eigenvalue weighted by Crippen LogP contribution is -2.29. The number of nitrogens with zero attached hydrogens (tertiary/aromatic N) is 1. The standard InChI is InChI=1S/C9H7F2NO4/c1-4(9(13)14)7-5(10)2-3-6(8(7)11)12(15)16/h2-4H,1H3,(H,13,14)/p-1. The average molecular weight is 230 g/mol. The molecule has 0 fully saturated rings. The highest BCUT2D eigenvalue weighted by molar-refractivity contribution is 5.74. The molecule has 1 unspecified atom stereocenters. The fraction of sp³-hybridized carbons (Fsp3) is 0.222. The smallest absolute Gasteiger partial charge is 0.305 e. The van der Waals surface area contributed by atoms with E-state index < -0.39 is 39.7 Å². The van der Waals surface area contributed by atoms with Gasteiger partial charge in [0.2, 0.25) is 5.82 Å². The van der Waals surface area contributed by atoms with Gasteiger partial charge in [-0.3, -0.25) is 10.1 Å². The number of halogens is 2. The van der Waals surface area contributed by atoms with Crippen LogP contribution < -0.4 is 5.11 Å². The highest BCUT2D eigenvalue weighted by atomic mass is 19.1. The van der Waals surface area contributed by atoms with E-state index in [4.69, 9.17) is 0 Å². The molecule has 0 saturated heterocycles. The largest absolute Gasteiger partial charge is 0.550 e. The second-order valence-corrected chi connectivity index (χ2v) is 3.09. The fourth-order valence-electron chi connectivity index (χ4n) is 1.21. The van der Waals surface area contributed by atoms with Crippen molar-refractivity contribution in [1.29, 1.82) is 0 Å². The van der Waals surface area contributed by atoms with Crippen LogP contribution >= 0.6 is 0 Å². The van der Waals surface area contributed by atoms with Crippen molar-refractivity contribution in [2.45, 2.75) is 12.8 Å². The van der Waals surface area contributed by atoms with Crippen molar-refractivity contribution < 1.29 is 23.6 Å². The van der Waals surface area contributed by atoms with Crippen LogP contribution in [0.4, 0.5) is 14.5 Å². The van der Waals surface area contributed by atoms with Crippen LogP contribution in [-0.2, 0) is 4.79 Å². The Bertz CT molecular complexity index is 461. The highest BCUT2D eigenvalue weighted by Crippen LogP contribution is 2.28. The molecule has 0 aromatic heterocycles. The molecule has 0 aliphatic heterocycles. The van der Waals surface area contributed by atoms with Gasteiger partial charge in [-0.1, -0.05) is 6.92 Å². The minimum Gasteiger partial charge on any atom is -0.550 e. The molecule has 16 heavy (non-hydrogen) atoms. The van der Waals surface area contributed by atoms with Crippen LogP contribution in [0.5, 0.6) is 0 Å². The molecule has 5 nitrogen and oxygen atoms in total. The molecular weight excluding hydrogens is 224 g/mol. The maximum atomic E-state index is 13.4. The summed E-state index contributed by atoms with van der Waals surface area (Å²) in [6.45, 7) is 0.987. The quantitative estimate of drug-likeness (QED) is 0.565. The number of rotatable bonds is 3. The molecule has 1 aromatic rings. The first-order valence-electron chi connectivity index (χ1n) is 4.19. The van der Waals surface area contributed by atoms with Crippen LogP contribution in [-0.4, -0.2) is 10.9 Å². The lowest BCUT2D eigenvalue weighted by atomic mass is 9.99. The van der Waals surface area contributed by atoms with Crippen molar-refractivity contribution in [1.82, 2.24) is 0 Å². The van der Waals surface area contributed by atoms with E-state index in [0.717, 1.165) is 6.92 Å². The second kappa shape index (κ2) is 4.21. The zero-order valence-electron chi connectivity index (χ0n) is 8.07. The van der Waals surface area contributed by atoms with Gasteiger partial charge in [-0.2, -0.15) is 4.39 Å². The van der Waals surface area contributed by atoms with Crippen molar-refractivity contribution in [3.8, 4) is 0 Å². The molecule has 86 valence electrons. The number of hydrogen-bond acceptors (Lipinski definition) is 4. The summed E-state index contributed by atoms with van der Waals surface area (Å²) in [5.74, 6) is -5.94. The second-order valence-electron chi connectivity index (χ2n) is 3.09. The molecule has 1 atom stereocenters. The topological polar surface area (TPSA) is 83.3 Å². The van der Waals surface area contributed by atoms with Crippen molar-refractivity contribution in [2.75, 3.05) is 0 Å². The molecule has 0 heterocycles. The zero-order chi connectivity index (χ0) is 12.5. The molecule has 0 aliphatic carbocycles. The van der Waals surface area contributed by atoms with Gasteiger partial charge in [0.25, 0.3) is 0 Å². The van der Waals surface area contributed by atoms with Crippen LogP contribution in [0, 0.1) is 21.7 Å². The summed E-state index contributed by atoms with van der Waals surface area (Å²) in [5, 5.41) is 20.8. The van der Waals surface area contributed by atoms with Gasteiger partial charge < -0.3 is 9.90 Å². The Morgan fingerprint density at radius 1 is 1.44 bits per heavy atom. The Labute approximate surface area is 88.5 Å². The molecule has 1 aromatic carbocycles. The van der Waals surface area contributed by atoms with Gasteiger partial charge >= 0.3 is 5.69 Å². The van der Waals surface area contributed by atoms with Crippen LogP contribution in [0.2, 0.25) is 0 Å². The predicted octanol–water partition coefficient (Wildman–Crippen LogP) is 0.726. The first kappa shape index (κ1) is 12.0. The summed E-state index contributed by atoms with van der Waals surface area (Å²) < 4.78 is 26.6. The summed E-state index contributed by atoms with van der Waals surface area (Å²) in [7, 11) is 0. The van der Waals surface area contributed by atoms with E-state index in [9.17, 15) is 28.8 Å². The average Bonchev–Trinajstić information content (AvgIpc) is 2.16. The maximum Gasteiger partial charge on any atom is 0.305 e. The van der Waals surface area contributed by atoms with Crippen molar-refractivity contribution >= 4 is 11.7 Å². The Morgan fingerprint density at radius 3 is 2.44 bits per heavy atom. The summed E-state index contributed by atoms with van der Waals surface area (Å²) in [4.78, 5) is 19.8. The molecule has 0 N–H and O–H groups in total. The van der Waals surface area contributed by atoms with E-state index in [1.165, 1.54) is 0 Å². The Balaban J connectivity index is 3.43. The molecule has 7 heteroatoms. The number of aliphatic carboxylic acids is 1. The third-order valence-corrected chi connectivity index (χ3v) is 2.09. The maximum absolute atomic E-state index is 13.4. The number of benzene rings is 1. The number of carbonyl (C=O) groups excluding carboxylic acids is 1. The normalized spacial score (nSPS) is 12.2. The van der Waals surface area contributed by atoms with Crippen LogP contribution in [0.3, 0.4) is 0 Å². The van der Waals surface area contributed by atoms with E-state index in [2.05, 4.69) is 0 Å². The third kappa shape index (κ3) is 1.97. The van der Waals surface area contributed by atoms with E-state index in [0.29, 0.717) is 12.1 Å². The van der Waals surface area contributed by atoms with Gasteiger partial charge in [-0.25, -0.2) is 4.39 Å². The monoisotopic (exact) mass is 230 g/mol. The summed E-state index contributed by atoms with van der Waals surface area (Å²) in [6, 6.07) is 1.28. The number of nitro benzene ring substituents is 1. The molecule has 0 amide bonds. The van der Waals surface area contributed by atoms with E-state index in [1.54, 1.807) is 0 Å². The summed E-state index contributed by atoms with van der Waals surface area (Å²) >= 11 is 0. The van der Waals surface area contributed by atoms with Gasteiger partial charge in [0, 0.05) is 23.5 Å². The molecule has 0 saturated carbocycles. The summed E-state index contributed by atoms with van der Waals surface area (Å²) in [6.07, 6.45) is 0. The first-order chi connectivity index (χ1) is 7.36. The fourth-order valence-corrected chi connectivity index (χ4v) is 1.21. The van der Waals surface area contributed by atoms with Gasteiger partial charge in [-0.15, -0.1) is 0 Å². The zero-order valence-corrected chi connectivity index (χ0v) is 8.07. The van der Waals surface area contributed by atoms with E-state index in [-0.39, 0.29) is 0 Å². The number of nitro groups is 1. The Hall–Kier alpha value is -2.05. The van der Waals surface area contributed by atoms with Crippen molar-refractivity contribution in [2.24, 2.45) is 0 Å². The molecule has 0 spiro atoms. The Morgan fingerprint density at radius 2 is 2.00 bits per heavy atom. The minimum atomic E-state index is -1.71. The van der Waals surface area contributed by atoms with Crippen molar-refractivity contribution in [3.05, 3.63) is 39.4 Å². The van der Waals surface area contributed by atoms with Gasteiger partial charge in [0.1, 0.15) is 5.82 Å². The highest BCUT2D eigenvalue weighted by Gasteiger charge is 2.25.